The first-order chi connectivity index (χ1) is 8.00. The van der Waals surface area contributed by atoms with E-state index in [1.165, 1.54) is 6.42 Å². The molecule has 1 aliphatic carbocycles. The van der Waals surface area contributed by atoms with Crippen LogP contribution >= 0.6 is 0 Å². The number of hydrogen-bond donors (Lipinski definition) is 3. The van der Waals surface area contributed by atoms with Crippen LogP contribution in [0.25, 0.3) is 0 Å². The van der Waals surface area contributed by atoms with Gasteiger partial charge in [-0.3, -0.25) is 4.79 Å². The molecule has 1 aliphatic rings. The third kappa shape index (κ3) is 4.56. The van der Waals surface area contributed by atoms with Gasteiger partial charge in [-0.25, -0.2) is 4.79 Å². The summed E-state index contributed by atoms with van der Waals surface area (Å²) in [6.07, 6.45) is 6.98. The molecule has 0 amide bonds. The maximum atomic E-state index is 11.0. The Hall–Kier alpha value is -1.36. The van der Waals surface area contributed by atoms with Gasteiger partial charge in [-0.1, -0.05) is 25.3 Å². The molecular formula is C12H19NO4. The summed E-state index contributed by atoms with van der Waals surface area (Å²) in [6, 6.07) is -1.14. The number of carboxylic acids is 2. The predicted octanol–water partition coefficient (Wildman–Crippen LogP) is 1.38. The van der Waals surface area contributed by atoms with Gasteiger partial charge in [-0.15, -0.1) is 0 Å². The molecule has 0 bridgehead atoms. The second-order valence-corrected chi connectivity index (χ2v) is 4.54. The van der Waals surface area contributed by atoms with E-state index in [0.717, 1.165) is 25.7 Å². The topological polar surface area (TPSA) is 101 Å². The Balaban J connectivity index is 2.67. The van der Waals surface area contributed by atoms with Crippen LogP contribution in [-0.4, -0.2) is 28.2 Å². The second-order valence-electron chi connectivity index (χ2n) is 4.54. The van der Waals surface area contributed by atoms with Crippen molar-refractivity contribution in [3.05, 3.63) is 11.6 Å². The first-order valence-corrected chi connectivity index (χ1v) is 5.93. The largest absolute Gasteiger partial charge is 0.480 e. The lowest BCUT2D eigenvalue weighted by atomic mass is 9.87. The molecule has 96 valence electrons. The number of nitrogens with two attached hydrogens (primary N) is 1. The van der Waals surface area contributed by atoms with Crippen LogP contribution in [0, 0.1) is 5.92 Å². The maximum Gasteiger partial charge on any atom is 0.331 e. The third-order valence-corrected chi connectivity index (χ3v) is 3.12. The van der Waals surface area contributed by atoms with Crippen LogP contribution in [0.2, 0.25) is 0 Å². The molecule has 0 spiro atoms. The summed E-state index contributed by atoms with van der Waals surface area (Å²) in [4.78, 5) is 21.6. The van der Waals surface area contributed by atoms with E-state index < -0.39 is 18.0 Å². The molecule has 0 aromatic carbocycles. The highest BCUT2D eigenvalue weighted by molar-refractivity contribution is 5.88. The summed E-state index contributed by atoms with van der Waals surface area (Å²) < 4.78 is 0. The lowest BCUT2D eigenvalue weighted by Crippen LogP contribution is -2.31. The van der Waals surface area contributed by atoms with Crippen molar-refractivity contribution in [1.29, 1.82) is 0 Å². The minimum atomic E-state index is -1.17. The van der Waals surface area contributed by atoms with E-state index in [0.29, 0.717) is 0 Å². The summed E-state index contributed by atoms with van der Waals surface area (Å²) >= 11 is 0. The fourth-order valence-electron chi connectivity index (χ4n) is 2.14. The van der Waals surface area contributed by atoms with Crippen molar-refractivity contribution >= 4 is 11.9 Å². The Labute approximate surface area is 100 Å². The third-order valence-electron chi connectivity index (χ3n) is 3.12. The van der Waals surface area contributed by atoms with Crippen LogP contribution < -0.4 is 5.73 Å². The van der Waals surface area contributed by atoms with Crippen LogP contribution in [-0.2, 0) is 9.59 Å². The molecule has 0 heterocycles. The quantitative estimate of drug-likeness (QED) is 0.631. The molecule has 1 atom stereocenters. The van der Waals surface area contributed by atoms with Crippen molar-refractivity contribution in [3.63, 3.8) is 0 Å². The van der Waals surface area contributed by atoms with Gasteiger partial charge in [0.15, 0.2) is 0 Å². The number of carbonyl (C=O) groups is 2. The van der Waals surface area contributed by atoms with E-state index >= 15 is 0 Å². The Kier molecular flexibility index (Phi) is 5.15. The molecule has 5 nitrogen and oxygen atoms in total. The molecule has 0 radical (unpaired) electrons. The summed E-state index contributed by atoms with van der Waals surface area (Å²) in [6.45, 7) is 0. The summed E-state index contributed by atoms with van der Waals surface area (Å²) in [5.41, 5.74) is 5.49. The summed E-state index contributed by atoms with van der Waals surface area (Å²) in [7, 11) is 0. The Morgan fingerprint density at radius 2 is 1.82 bits per heavy atom. The van der Waals surface area contributed by atoms with Gasteiger partial charge < -0.3 is 15.9 Å². The number of rotatable bonds is 5. The van der Waals surface area contributed by atoms with Crippen LogP contribution in [0.3, 0.4) is 0 Å². The molecule has 5 heteroatoms. The van der Waals surface area contributed by atoms with Crippen LogP contribution in [0.4, 0.5) is 0 Å². The van der Waals surface area contributed by atoms with Gasteiger partial charge in [-0.05, 0) is 18.8 Å². The monoisotopic (exact) mass is 241 g/mol. The number of hydrogen-bond acceptors (Lipinski definition) is 3. The fourth-order valence-corrected chi connectivity index (χ4v) is 2.14. The van der Waals surface area contributed by atoms with Crippen molar-refractivity contribution in [2.75, 3.05) is 0 Å². The Bertz CT molecular complexity index is 318. The zero-order valence-corrected chi connectivity index (χ0v) is 9.76. The minimum absolute atomic E-state index is 0.110. The van der Waals surface area contributed by atoms with Crippen LogP contribution in [0.5, 0.6) is 0 Å². The van der Waals surface area contributed by atoms with Gasteiger partial charge >= 0.3 is 11.9 Å². The number of allylic oxidation sites excluding steroid dienone is 1. The molecule has 0 saturated heterocycles. The first-order valence-electron chi connectivity index (χ1n) is 5.93. The molecule has 1 fully saturated rings. The van der Waals surface area contributed by atoms with E-state index in [4.69, 9.17) is 15.9 Å². The molecule has 17 heavy (non-hydrogen) atoms. The predicted molar refractivity (Wildman–Crippen MR) is 62.5 cm³/mol. The zero-order chi connectivity index (χ0) is 12.8. The van der Waals surface area contributed by atoms with Gasteiger partial charge in [0.25, 0.3) is 0 Å². The van der Waals surface area contributed by atoms with E-state index in [1.807, 2.05) is 0 Å². The van der Waals surface area contributed by atoms with Gasteiger partial charge in [0.2, 0.25) is 0 Å². The molecule has 1 rings (SSSR count). The first kappa shape index (κ1) is 13.7. The normalized spacial score (nSPS) is 19.9. The highest BCUT2D eigenvalue weighted by Crippen LogP contribution is 2.26. The molecular weight excluding hydrogens is 222 g/mol. The van der Waals surface area contributed by atoms with Gasteiger partial charge in [0.1, 0.15) is 6.04 Å². The smallest absolute Gasteiger partial charge is 0.331 e. The summed E-state index contributed by atoms with van der Waals surface area (Å²) in [5.74, 6) is -1.97. The van der Waals surface area contributed by atoms with E-state index in [-0.39, 0.29) is 17.9 Å². The summed E-state index contributed by atoms with van der Waals surface area (Å²) in [5, 5.41) is 17.7. The average Bonchev–Trinajstić information content (AvgIpc) is 2.29. The molecule has 4 N–H and O–H groups in total. The Morgan fingerprint density at radius 3 is 2.29 bits per heavy atom. The van der Waals surface area contributed by atoms with E-state index in [1.54, 1.807) is 6.08 Å². The van der Waals surface area contributed by atoms with Gasteiger partial charge in [-0.2, -0.15) is 0 Å². The van der Waals surface area contributed by atoms with Crippen LogP contribution in [0.1, 0.15) is 38.5 Å². The van der Waals surface area contributed by atoms with Gasteiger partial charge in [0, 0.05) is 12.0 Å². The number of carboxylic acid groups (broad SMARTS) is 2. The lowest BCUT2D eigenvalue weighted by Gasteiger charge is -2.19. The SMILES string of the molecule is N[C@@H](CC(=CC1CCCCC1)C(=O)O)C(=O)O. The van der Waals surface area contributed by atoms with E-state index in [2.05, 4.69) is 0 Å². The molecule has 0 unspecified atom stereocenters. The van der Waals surface area contributed by atoms with Crippen molar-refractivity contribution < 1.29 is 19.8 Å². The van der Waals surface area contributed by atoms with E-state index in [9.17, 15) is 9.59 Å². The highest BCUT2D eigenvalue weighted by atomic mass is 16.4. The van der Waals surface area contributed by atoms with Crippen molar-refractivity contribution in [2.24, 2.45) is 11.7 Å². The lowest BCUT2D eigenvalue weighted by molar-refractivity contribution is -0.138. The second kappa shape index (κ2) is 6.39. The standard InChI is InChI=1S/C12H19NO4/c13-10(12(16)17)7-9(11(14)15)6-8-4-2-1-3-5-8/h6,8,10H,1-5,7,13H2,(H,14,15)(H,16,17)/t10-/m0/s1. The minimum Gasteiger partial charge on any atom is -0.480 e. The molecule has 0 aliphatic heterocycles. The fraction of sp³-hybridized carbons (Fsp3) is 0.667. The molecule has 0 aromatic heterocycles. The van der Waals surface area contributed by atoms with Crippen molar-refractivity contribution in [3.8, 4) is 0 Å². The number of aliphatic carboxylic acids is 2. The molecule has 0 aromatic rings. The molecule has 1 saturated carbocycles. The van der Waals surface area contributed by atoms with Crippen molar-refractivity contribution in [2.45, 2.75) is 44.6 Å². The van der Waals surface area contributed by atoms with Gasteiger partial charge in [0.05, 0.1) is 0 Å². The van der Waals surface area contributed by atoms with Crippen molar-refractivity contribution in [1.82, 2.24) is 0 Å². The average molecular weight is 241 g/mol. The highest BCUT2D eigenvalue weighted by Gasteiger charge is 2.20. The zero-order valence-electron chi connectivity index (χ0n) is 9.76. The Morgan fingerprint density at radius 1 is 1.24 bits per heavy atom. The maximum absolute atomic E-state index is 11.0. The van der Waals surface area contributed by atoms with Crippen LogP contribution in [0.15, 0.2) is 11.6 Å².